The summed E-state index contributed by atoms with van der Waals surface area (Å²) in [5.74, 6) is -7.16. The van der Waals surface area contributed by atoms with E-state index in [4.69, 9.17) is 33.2 Å². The molecule has 2 heterocycles. The minimum absolute atomic E-state index is 0.0370. The second-order valence-corrected chi connectivity index (χ2v) is 23.2. The number of amides is 1. The number of carbonyl (C=O) groups is 7. The number of aliphatic hydroxyl groups is 2. The molecule has 80 heavy (non-hydrogen) atoms. The lowest BCUT2D eigenvalue weighted by atomic mass is 9.44. The van der Waals surface area contributed by atoms with Crippen LogP contribution >= 0.6 is 21.6 Å². The number of hydrogen-bond acceptors (Lipinski definition) is 19. The molecule has 3 fully saturated rings. The van der Waals surface area contributed by atoms with Crippen LogP contribution in [0.25, 0.3) is 0 Å². The van der Waals surface area contributed by atoms with E-state index in [1.54, 1.807) is 111 Å². The van der Waals surface area contributed by atoms with Crippen molar-refractivity contribution in [3.8, 4) is 0 Å². The summed E-state index contributed by atoms with van der Waals surface area (Å²) in [5, 5.41) is 30.0. The van der Waals surface area contributed by atoms with Crippen LogP contribution in [0, 0.1) is 16.7 Å². The van der Waals surface area contributed by atoms with Crippen LogP contribution in [0.5, 0.6) is 0 Å². The van der Waals surface area contributed by atoms with Gasteiger partial charge in [0.05, 0.1) is 29.6 Å². The van der Waals surface area contributed by atoms with Crippen LogP contribution in [0.4, 0.5) is 4.79 Å². The van der Waals surface area contributed by atoms with Gasteiger partial charge in [-0.05, 0) is 95.4 Å². The number of rotatable bonds is 16. The molecule has 4 aliphatic rings. The Morgan fingerprint density at radius 3 is 2.02 bits per heavy atom. The first kappa shape index (κ1) is 57.3. The summed E-state index contributed by atoms with van der Waals surface area (Å²) in [6.07, 6.45) is -10.7. The number of pyridine rings is 1. The average molecular weight is 1130 g/mol. The van der Waals surface area contributed by atoms with E-state index >= 15 is 9.59 Å². The van der Waals surface area contributed by atoms with Crippen LogP contribution in [0.15, 0.2) is 161 Å². The first-order chi connectivity index (χ1) is 38.2. The summed E-state index contributed by atoms with van der Waals surface area (Å²) < 4.78 is 42.6. The van der Waals surface area contributed by atoms with Crippen molar-refractivity contribution in [1.29, 1.82) is 0 Å². The van der Waals surface area contributed by atoms with Crippen molar-refractivity contribution in [3.63, 3.8) is 0 Å². The van der Waals surface area contributed by atoms with E-state index in [9.17, 15) is 34.2 Å². The summed E-state index contributed by atoms with van der Waals surface area (Å²) in [5.41, 5.74) is -7.05. The third-order valence-corrected chi connectivity index (χ3v) is 18.1. The highest BCUT2D eigenvalue weighted by atomic mass is 33.1. The lowest BCUT2D eigenvalue weighted by Crippen LogP contribution is -2.82. The standard InChI is InChI=1S/C60H60N2O16S2/c1-34-42(31-60(71)52(77-54(68)40-22-14-9-15-23-40)50-58(6,43(65)30-44-59(50,33-73-44)78-36(3)64)51(66)48(74-35(2)63)46(34)57(60,4)5)75-55(69)49(47(38-18-10-7-11-19-38)62-53(67)39-20-12-8-13-21-39)76-56(70)72-32-37-25-27-41(28-26-37)79-80-45-24-16-17-29-61-45/h7-29,42-44,47-50,52,65,71H,30-33H2,1-6H3,(H,62,67)/t42-,43-,44+,47-,48+,49+,50-,52-,58+,59-,60+/m0/s1. The molecule has 18 nitrogen and oxygen atoms in total. The van der Waals surface area contributed by atoms with E-state index in [-0.39, 0.29) is 41.9 Å². The number of ketones is 1. The van der Waals surface area contributed by atoms with Crippen molar-refractivity contribution in [2.45, 2.75) is 125 Å². The second-order valence-electron chi connectivity index (χ2n) is 21.0. The smallest absolute Gasteiger partial charge is 0.455 e. The predicted molar refractivity (Wildman–Crippen MR) is 289 cm³/mol. The molecular formula is C60H60N2O16S2. The van der Waals surface area contributed by atoms with Crippen molar-refractivity contribution >= 4 is 63.3 Å². The molecule has 1 saturated heterocycles. The van der Waals surface area contributed by atoms with Gasteiger partial charge in [-0.1, -0.05) is 110 Å². The number of Topliss-reactive ketones (excluding diaryl/α,β-unsaturated/α-hetero) is 1. The summed E-state index contributed by atoms with van der Waals surface area (Å²) in [6, 6.07) is 35.4. The molecule has 5 aromatic rings. The molecule has 418 valence electrons. The molecule has 1 aromatic heterocycles. The van der Waals surface area contributed by atoms with E-state index in [0.29, 0.717) is 11.1 Å². The van der Waals surface area contributed by atoms with Gasteiger partial charge in [-0.15, -0.1) is 0 Å². The van der Waals surface area contributed by atoms with Gasteiger partial charge < -0.3 is 48.7 Å². The fourth-order valence-electron chi connectivity index (χ4n) is 11.7. The Morgan fingerprint density at radius 2 is 1.43 bits per heavy atom. The number of aliphatic hydroxyl groups excluding tert-OH is 1. The number of hydrogen-bond donors (Lipinski definition) is 3. The highest BCUT2D eigenvalue weighted by Crippen LogP contribution is 2.64. The molecule has 20 heteroatoms. The number of esters is 4. The molecule has 4 aromatic carbocycles. The zero-order valence-corrected chi connectivity index (χ0v) is 46.2. The van der Waals surface area contributed by atoms with E-state index in [1.807, 2.05) is 30.3 Å². The van der Waals surface area contributed by atoms with E-state index in [0.717, 1.165) is 23.8 Å². The summed E-state index contributed by atoms with van der Waals surface area (Å²) >= 11 is 0. The van der Waals surface area contributed by atoms with Crippen LogP contribution in [-0.2, 0) is 58.9 Å². The summed E-state index contributed by atoms with van der Waals surface area (Å²) in [7, 11) is 2.95. The number of nitrogens with one attached hydrogen (secondary N) is 1. The molecule has 3 N–H and O–H groups in total. The number of ether oxygens (including phenoxy) is 7. The Labute approximate surface area is 469 Å². The highest BCUT2D eigenvalue weighted by molar-refractivity contribution is 8.76. The molecule has 3 aliphatic carbocycles. The van der Waals surface area contributed by atoms with Crippen molar-refractivity contribution in [2.24, 2.45) is 16.7 Å². The van der Waals surface area contributed by atoms with Gasteiger partial charge in [-0.2, -0.15) is 0 Å². The number of benzene rings is 4. The molecule has 2 bridgehead atoms. The van der Waals surface area contributed by atoms with E-state index in [2.05, 4.69) is 10.3 Å². The lowest BCUT2D eigenvalue weighted by Gasteiger charge is -2.67. The predicted octanol–water partition coefficient (Wildman–Crippen LogP) is 8.29. The van der Waals surface area contributed by atoms with Gasteiger partial charge >= 0.3 is 30.0 Å². The monoisotopic (exact) mass is 1130 g/mol. The quantitative estimate of drug-likeness (QED) is 0.0364. The third kappa shape index (κ3) is 11.1. The maximum absolute atomic E-state index is 15.8. The summed E-state index contributed by atoms with van der Waals surface area (Å²) in [4.78, 5) is 106. The van der Waals surface area contributed by atoms with Gasteiger partial charge in [-0.25, -0.2) is 19.4 Å². The van der Waals surface area contributed by atoms with Gasteiger partial charge in [0.15, 0.2) is 17.5 Å². The first-order valence-electron chi connectivity index (χ1n) is 25.9. The van der Waals surface area contributed by atoms with Crippen LogP contribution in [0.2, 0.25) is 0 Å². The van der Waals surface area contributed by atoms with E-state index in [1.165, 1.54) is 47.6 Å². The molecular weight excluding hydrogens is 1070 g/mol. The SMILES string of the molecule is CC(=O)O[C@H]1C(=O)[C@@]2(C)[C@H]([C@H](OC(=O)c3ccccc3)[C@]3(O)C[C@H](OC(=O)[C@H](OC(=O)OCc4ccc(SSc5ccccn5)cc4)[C@@H](NC(=O)c4ccccc4)c4ccccc4)C(C)=C1C3(C)C)[C@]1(OC(C)=O)CO[C@@H]1C[C@@H]2O. The van der Waals surface area contributed by atoms with Gasteiger partial charge in [0.25, 0.3) is 5.91 Å². The lowest BCUT2D eigenvalue weighted by molar-refractivity contribution is -0.346. The zero-order chi connectivity index (χ0) is 57.1. The number of nitrogens with zero attached hydrogens (tertiary/aromatic N) is 1. The normalized spacial score (nSPS) is 27.1. The van der Waals surface area contributed by atoms with Crippen LogP contribution < -0.4 is 5.32 Å². The van der Waals surface area contributed by atoms with Crippen molar-refractivity contribution in [2.75, 3.05) is 6.61 Å². The van der Waals surface area contributed by atoms with Gasteiger partial charge in [0, 0.05) is 48.8 Å². The van der Waals surface area contributed by atoms with Gasteiger partial charge in [0.1, 0.15) is 41.6 Å². The molecule has 0 unspecified atom stereocenters. The Hall–Kier alpha value is -7.36. The fourth-order valence-corrected chi connectivity index (χ4v) is 13.5. The molecule has 9 rings (SSSR count). The number of carbonyl (C=O) groups excluding carboxylic acids is 7. The summed E-state index contributed by atoms with van der Waals surface area (Å²) in [6.45, 7) is 7.56. The molecule has 11 atom stereocenters. The van der Waals surface area contributed by atoms with E-state index < -0.39 is 119 Å². The molecule has 0 spiro atoms. The topological polar surface area (TPSA) is 249 Å². The second kappa shape index (κ2) is 23.4. The average Bonchev–Trinajstić information content (AvgIpc) is 3.32. The highest BCUT2D eigenvalue weighted by Gasteiger charge is 2.78. The van der Waals surface area contributed by atoms with Crippen LogP contribution in [-0.4, -0.2) is 111 Å². The zero-order valence-electron chi connectivity index (χ0n) is 44.6. The van der Waals surface area contributed by atoms with Crippen LogP contribution in [0.1, 0.15) is 92.3 Å². The number of fused-ring (bicyclic) bond motifs is 5. The van der Waals surface area contributed by atoms with Crippen molar-refractivity contribution in [1.82, 2.24) is 10.3 Å². The number of aromatic nitrogens is 1. The minimum atomic E-state index is -2.49. The van der Waals surface area contributed by atoms with Gasteiger partial charge in [0.2, 0.25) is 6.10 Å². The Balaban J connectivity index is 1.13. The Kier molecular flexibility index (Phi) is 16.8. The Bertz CT molecular complexity index is 3170. The minimum Gasteiger partial charge on any atom is -0.455 e. The molecule has 0 radical (unpaired) electrons. The molecule has 1 aliphatic heterocycles. The van der Waals surface area contributed by atoms with Gasteiger partial charge in [-0.3, -0.25) is 19.2 Å². The third-order valence-electron chi connectivity index (χ3n) is 15.8. The van der Waals surface area contributed by atoms with Crippen molar-refractivity contribution < 1.29 is 76.9 Å². The molecule has 2 saturated carbocycles. The largest absolute Gasteiger partial charge is 0.509 e. The molecule has 1 amide bonds. The maximum atomic E-state index is 15.8. The first-order valence-corrected chi connectivity index (χ1v) is 28.0. The van der Waals surface area contributed by atoms with Crippen LogP contribution in [0.3, 0.4) is 0 Å². The maximum Gasteiger partial charge on any atom is 0.509 e. The Morgan fingerprint density at radius 1 is 0.787 bits per heavy atom. The van der Waals surface area contributed by atoms with Crippen molar-refractivity contribution in [3.05, 3.63) is 173 Å². The fraction of sp³-hybridized carbons (Fsp3) is 0.367.